The third-order valence-electron chi connectivity index (χ3n) is 4.48. The highest BCUT2D eigenvalue weighted by Gasteiger charge is 2.27. The maximum absolute atomic E-state index is 10.6. The van der Waals surface area contributed by atoms with Crippen LogP contribution < -0.4 is 5.32 Å². The Morgan fingerprint density at radius 2 is 1.90 bits per heavy atom. The lowest BCUT2D eigenvalue weighted by Crippen LogP contribution is -2.39. The van der Waals surface area contributed by atoms with Crippen molar-refractivity contribution >= 4 is 10.9 Å². The van der Waals surface area contributed by atoms with Crippen molar-refractivity contribution in [3.8, 4) is 0 Å². The minimum Gasteiger partial charge on any atom is -0.389 e. The second-order valence-electron chi connectivity index (χ2n) is 6.27. The summed E-state index contributed by atoms with van der Waals surface area (Å²) in [6.07, 6.45) is 8.52. The van der Waals surface area contributed by atoms with Gasteiger partial charge < -0.3 is 10.4 Å². The lowest BCUT2D eigenvalue weighted by molar-refractivity contribution is 0.0250. The highest BCUT2D eigenvalue weighted by Crippen LogP contribution is 2.26. The van der Waals surface area contributed by atoms with Crippen LogP contribution in [-0.4, -0.2) is 22.2 Å². The normalized spacial score (nSPS) is 18.5. The SMILES string of the molecule is OC1(CNCc2ccc3ncccc3c2)CCCCCC1. The molecule has 1 saturated carbocycles. The van der Waals surface area contributed by atoms with E-state index in [2.05, 4.69) is 34.6 Å². The van der Waals surface area contributed by atoms with Crippen molar-refractivity contribution in [1.82, 2.24) is 10.3 Å². The van der Waals surface area contributed by atoms with Crippen LogP contribution in [0, 0.1) is 0 Å². The van der Waals surface area contributed by atoms with E-state index < -0.39 is 5.60 Å². The van der Waals surface area contributed by atoms with Gasteiger partial charge in [-0.05, 0) is 36.6 Å². The zero-order valence-electron chi connectivity index (χ0n) is 12.5. The number of rotatable bonds is 4. The molecule has 0 amide bonds. The molecule has 0 radical (unpaired) electrons. The molecular weight excluding hydrogens is 260 g/mol. The van der Waals surface area contributed by atoms with Crippen LogP contribution in [0.25, 0.3) is 10.9 Å². The Hall–Kier alpha value is -1.45. The Balaban J connectivity index is 1.58. The van der Waals surface area contributed by atoms with Crippen LogP contribution in [0.1, 0.15) is 44.1 Å². The van der Waals surface area contributed by atoms with Crippen molar-refractivity contribution in [2.75, 3.05) is 6.54 Å². The van der Waals surface area contributed by atoms with E-state index in [1.54, 1.807) is 0 Å². The van der Waals surface area contributed by atoms with Gasteiger partial charge in [-0.25, -0.2) is 0 Å². The Morgan fingerprint density at radius 3 is 2.71 bits per heavy atom. The topological polar surface area (TPSA) is 45.1 Å². The number of nitrogens with zero attached hydrogens (tertiary/aromatic N) is 1. The van der Waals surface area contributed by atoms with Crippen molar-refractivity contribution in [3.63, 3.8) is 0 Å². The molecular formula is C18H24N2O. The monoisotopic (exact) mass is 284 g/mol. The molecule has 1 aliphatic carbocycles. The standard InChI is InChI=1S/C18H24N2O/c21-18(9-3-1-2-4-10-18)14-19-13-15-7-8-17-16(12-15)6-5-11-20-17/h5-8,11-12,19,21H,1-4,9-10,13-14H2. The molecule has 3 rings (SSSR count). The summed E-state index contributed by atoms with van der Waals surface area (Å²) in [5, 5.41) is 15.2. The van der Waals surface area contributed by atoms with Gasteiger partial charge in [0.25, 0.3) is 0 Å². The van der Waals surface area contributed by atoms with Crippen molar-refractivity contribution in [2.24, 2.45) is 0 Å². The smallest absolute Gasteiger partial charge is 0.0771 e. The zero-order valence-corrected chi connectivity index (χ0v) is 12.5. The van der Waals surface area contributed by atoms with Crippen LogP contribution in [0.2, 0.25) is 0 Å². The molecule has 3 heteroatoms. The highest BCUT2D eigenvalue weighted by atomic mass is 16.3. The number of benzene rings is 1. The summed E-state index contributed by atoms with van der Waals surface area (Å²) in [6.45, 7) is 1.49. The molecule has 2 aromatic rings. The van der Waals surface area contributed by atoms with Gasteiger partial charge in [-0.3, -0.25) is 4.98 Å². The minimum absolute atomic E-state index is 0.505. The van der Waals surface area contributed by atoms with E-state index in [9.17, 15) is 5.11 Å². The summed E-state index contributed by atoms with van der Waals surface area (Å²) < 4.78 is 0. The predicted octanol–water partition coefficient (Wildman–Crippen LogP) is 3.41. The minimum atomic E-state index is -0.505. The van der Waals surface area contributed by atoms with E-state index in [1.807, 2.05) is 12.3 Å². The van der Waals surface area contributed by atoms with Gasteiger partial charge in [-0.1, -0.05) is 37.8 Å². The quantitative estimate of drug-likeness (QED) is 0.846. The molecule has 3 nitrogen and oxygen atoms in total. The number of pyridine rings is 1. The van der Waals surface area contributed by atoms with Crippen molar-refractivity contribution < 1.29 is 5.11 Å². The van der Waals surface area contributed by atoms with Crippen molar-refractivity contribution in [1.29, 1.82) is 0 Å². The van der Waals surface area contributed by atoms with Crippen molar-refractivity contribution in [3.05, 3.63) is 42.1 Å². The first-order chi connectivity index (χ1) is 10.3. The predicted molar refractivity (Wildman–Crippen MR) is 86.1 cm³/mol. The van der Waals surface area contributed by atoms with Gasteiger partial charge >= 0.3 is 0 Å². The summed E-state index contributed by atoms with van der Waals surface area (Å²) in [7, 11) is 0. The fraction of sp³-hybridized carbons (Fsp3) is 0.500. The van der Waals surface area contributed by atoms with Crippen LogP contribution in [0.4, 0.5) is 0 Å². The summed E-state index contributed by atoms with van der Waals surface area (Å²) in [6, 6.07) is 10.4. The van der Waals surface area contributed by atoms with Crippen molar-refractivity contribution in [2.45, 2.75) is 50.7 Å². The molecule has 0 unspecified atom stereocenters. The molecule has 1 aromatic carbocycles. The Labute approximate surface area is 126 Å². The van der Waals surface area contributed by atoms with Gasteiger partial charge in [-0.15, -0.1) is 0 Å². The van der Waals surface area contributed by atoms with Gasteiger partial charge in [0, 0.05) is 24.7 Å². The number of aromatic nitrogens is 1. The summed E-state index contributed by atoms with van der Waals surface area (Å²) >= 11 is 0. The molecule has 0 saturated heterocycles. The van der Waals surface area contributed by atoms with E-state index in [0.717, 1.165) is 37.7 Å². The second-order valence-corrected chi connectivity index (χ2v) is 6.27. The third kappa shape index (κ3) is 3.80. The lowest BCUT2D eigenvalue weighted by atomic mass is 9.94. The molecule has 1 heterocycles. The average Bonchev–Trinajstić information content (AvgIpc) is 2.72. The van der Waals surface area contributed by atoms with Gasteiger partial charge in [-0.2, -0.15) is 0 Å². The molecule has 112 valence electrons. The fourth-order valence-corrected chi connectivity index (χ4v) is 3.24. The molecule has 0 atom stereocenters. The van der Waals surface area contributed by atoms with Crippen LogP contribution in [0.5, 0.6) is 0 Å². The molecule has 2 N–H and O–H groups in total. The number of hydrogen-bond donors (Lipinski definition) is 2. The molecule has 1 aliphatic rings. The maximum Gasteiger partial charge on any atom is 0.0771 e. The van der Waals surface area contributed by atoms with Crippen LogP contribution in [-0.2, 0) is 6.54 Å². The molecule has 1 fully saturated rings. The van der Waals surface area contributed by atoms with E-state index >= 15 is 0 Å². The molecule has 0 bridgehead atoms. The largest absolute Gasteiger partial charge is 0.389 e. The first-order valence-corrected chi connectivity index (χ1v) is 8.02. The van der Waals surface area contributed by atoms with E-state index in [-0.39, 0.29) is 0 Å². The molecule has 0 aliphatic heterocycles. The first kappa shape index (κ1) is 14.5. The average molecular weight is 284 g/mol. The van der Waals surface area contributed by atoms with Crippen LogP contribution >= 0.6 is 0 Å². The fourth-order valence-electron chi connectivity index (χ4n) is 3.24. The molecule has 0 spiro atoms. The Kier molecular flexibility index (Phi) is 4.51. The lowest BCUT2D eigenvalue weighted by Gasteiger charge is -2.27. The zero-order chi connectivity index (χ0) is 14.5. The number of nitrogens with one attached hydrogen (secondary N) is 1. The van der Waals surface area contributed by atoms with Gasteiger partial charge in [0.05, 0.1) is 11.1 Å². The second kappa shape index (κ2) is 6.54. The third-order valence-corrected chi connectivity index (χ3v) is 4.48. The summed E-state index contributed by atoms with van der Waals surface area (Å²) in [5.41, 5.74) is 1.77. The highest BCUT2D eigenvalue weighted by molar-refractivity contribution is 5.78. The van der Waals surface area contributed by atoms with Gasteiger partial charge in [0.15, 0.2) is 0 Å². The maximum atomic E-state index is 10.6. The van der Waals surface area contributed by atoms with Crippen LogP contribution in [0.15, 0.2) is 36.5 Å². The molecule has 1 aromatic heterocycles. The molecule has 21 heavy (non-hydrogen) atoms. The van der Waals surface area contributed by atoms with Crippen LogP contribution in [0.3, 0.4) is 0 Å². The van der Waals surface area contributed by atoms with E-state index in [0.29, 0.717) is 6.54 Å². The van der Waals surface area contributed by atoms with E-state index in [4.69, 9.17) is 0 Å². The van der Waals surface area contributed by atoms with Gasteiger partial charge in [0.1, 0.15) is 0 Å². The van der Waals surface area contributed by atoms with Gasteiger partial charge in [0.2, 0.25) is 0 Å². The number of hydrogen-bond acceptors (Lipinski definition) is 3. The number of aliphatic hydroxyl groups is 1. The Morgan fingerprint density at radius 1 is 1.10 bits per heavy atom. The first-order valence-electron chi connectivity index (χ1n) is 8.02. The number of fused-ring (bicyclic) bond motifs is 1. The summed E-state index contributed by atoms with van der Waals surface area (Å²) in [5.74, 6) is 0. The van der Waals surface area contributed by atoms with E-state index in [1.165, 1.54) is 23.8 Å². The Bertz CT molecular complexity index is 589. The summed E-state index contributed by atoms with van der Waals surface area (Å²) in [4.78, 5) is 4.34.